The number of benzene rings is 1. The third-order valence-corrected chi connectivity index (χ3v) is 3.43. The van der Waals surface area contributed by atoms with Gasteiger partial charge in [-0.25, -0.2) is 4.79 Å². The predicted octanol–water partition coefficient (Wildman–Crippen LogP) is 3.28. The zero-order valence-electron chi connectivity index (χ0n) is 11.8. The molecule has 1 atom stereocenters. The van der Waals surface area contributed by atoms with Crippen molar-refractivity contribution in [1.82, 2.24) is 5.32 Å². The maximum absolute atomic E-state index is 11.5. The fourth-order valence-electron chi connectivity index (χ4n) is 1.64. The second-order valence-electron chi connectivity index (χ2n) is 5.44. The summed E-state index contributed by atoms with van der Waals surface area (Å²) in [4.78, 5) is 11.5. The van der Waals surface area contributed by atoms with E-state index >= 15 is 0 Å². The first kappa shape index (κ1) is 16.0. The van der Waals surface area contributed by atoms with Crippen molar-refractivity contribution in [3.05, 3.63) is 33.8 Å². The minimum Gasteiger partial charge on any atom is -0.444 e. The lowest BCUT2D eigenvalue weighted by molar-refractivity contribution is 0.0524. The van der Waals surface area contributed by atoms with Crippen molar-refractivity contribution in [3.8, 4) is 0 Å². The Bertz CT molecular complexity index is 455. The van der Waals surface area contributed by atoms with Crippen LogP contribution in [0.15, 0.2) is 22.7 Å². The van der Waals surface area contributed by atoms with Gasteiger partial charge in [-0.3, -0.25) is 0 Å². The predicted molar refractivity (Wildman–Crippen MR) is 80.0 cm³/mol. The van der Waals surface area contributed by atoms with Crippen LogP contribution >= 0.6 is 15.9 Å². The molecular weight excluding hydrogens is 308 g/mol. The van der Waals surface area contributed by atoms with E-state index in [0.717, 1.165) is 15.6 Å². The van der Waals surface area contributed by atoms with Gasteiger partial charge in [0.15, 0.2) is 0 Å². The van der Waals surface area contributed by atoms with Crippen LogP contribution in [0.2, 0.25) is 0 Å². The lowest BCUT2D eigenvalue weighted by atomic mass is 10.0. The van der Waals surface area contributed by atoms with Crippen LogP contribution < -0.4 is 11.1 Å². The van der Waals surface area contributed by atoms with Gasteiger partial charge in [-0.1, -0.05) is 28.1 Å². The quantitative estimate of drug-likeness (QED) is 0.894. The minimum atomic E-state index is -0.500. The first-order valence-corrected chi connectivity index (χ1v) is 6.97. The molecular formula is C14H21BrN2O2. The Hall–Kier alpha value is -1.07. The summed E-state index contributed by atoms with van der Waals surface area (Å²) >= 11 is 3.47. The molecule has 0 aliphatic heterocycles. The Morgan fingerprint density at radius 3 is 2.68 bits per heavy atom. The standard InChI is InChI=1S/C14H21BrN2O2/c1-9-10(6-5-7-11(9)15)12(16)8-17-13(18)19-14(2,3)4/h5-7,12H,8,16H2,1-4H3,(H,17,18). The molecule has 106 valence electrons. The van der Waals surface area contributed by atoms with Crippen LogP contribution in [0, 0.1) is 6.92 Å². The van der Waals surface area contributed by atoms with Crippen LogP contribution in [-0.4, -0.2) is 18.2 Å². The van der Waals surface area contributed by atoms with Crippen molar-refractivity contribution in [2.75, 3.05) is 6.54 Å². The van der Waals surface area contributed by atoms with E-state index in [2.05, 4.69) is 21.2 Å². The molecule has 0 aromatic heterocycles. The molecule has 1 amide bonds. The van der Waals surface area contributed by atoms with Crippen LogP contribution in [0.25, 0.3) is 0 Å². The number of nitrogens with two attached hydrogens (primary N) is 1. The molecule has 19 heavy (non-hydrogen) atoms. The fourth-order valence-corrected chi connectivity index (χ4v) is 2.02. The number of carbonyl (C=O) groups is 1. The summed E-state index contributed by atoms with van der Waals surface area (Å²) in [6.07, 6.45) is -0.449. The van der Waals surface area contributed by atoms with Gasteiger partial charge in [-0.2, -0.15) is 0 Å². The SMILES string of the molecule is Cc1c(Br)cccc1C(N)CNC(=O)OC(C)(C)C. The highest BCUT2D eigenvalue weighted by Gasteiger charge is 2.17. The lowest BCUT2D eigenvalue weighted by Crippen LogP contribution is -2.36. The molecule has 0 fully saturated rings. The summed E-state index contributed by atoms with van der Waals surface area (Å²) in [5.41, 5.74) is 7.67. The first-order chi connectivity index (χ1) is 8.70. The number of amides is 1. The van der Waals surface area contributed by atoms with Gasteiger partial charge in [0.2, 0.25) is 0 Å². The Labute approximate surface area is 122 Å². The number of halogens is 1. The minimum absolute atomic E-state index is 0.259. The topological polar surface area (TPSA) is 64.3 Å². The number of ether oxygens (including phenoxy) is 1. The molecule has 5 heteroatoms. The molecule has 1 aromatic carbocycles. The molecule has 1 aromatic rings. The molecule has 4 nitrogen and oxygen atoms in total. The molecule has 3 N–H and O–H groups in total. The molecule has 1 rings (SSSR count). The highest BCUT2D eigenvalue weighted by atomic mass is 79.9. The third kappa shape index (κ3) is 5.20. The van der Waals surface area contributed by atoms with Crippen LogP contribution in [-0.2, 0) is 4.74 Å². The molecule has 0 saturated heterocycles. The number of rotatable bonds is 3. The van der Waals surface area contributed by atoms with Gasteiger partial charge < -0.3 is 15.8 Å². The zero-order valence-corrected chi connectivity index (χ0v) is 13.4. The summed E-state index contributed by atoms with van der Waals surface area (Å²) in [7, 11) is 0. The third-order valence-electron chi connectivity index (χ3n) is 2.57. The fraction of sp³-hybridized carbons (Fsp3) is 0.500. The zero-order chi connectivity index (χ0) is 14.6. The van der Waals surface area contributed by atoms with Gasteiger partial charge >= 0.3 is 6.09 Å². The van der Waals surface area contributed by atoms with Crippen LogP contribution in [0.1, 0.15) is 37.9 Å². The summed E-state index contributed by atoms with van der Waals surface area (Å²) in [5.74, 6) is 0. The molecule has 0 aliphatic carbocycles. The van der Waals surface area contributed by atoms with Crippen molar-refractivity contribution in [2.45, 2.75) is 39.3 Å². The Morgan fingerprint density at radius 2 is 2.11 bits per heavy atom. The number of carbonyl (C=O) groups excluding carboxylic acids is 1. The van der Waals surface area contributed by atoms with Crippen molar-refractivity contribution in [1.29, 1.82) is 0 Å². The van der Waals surface area contributed by atoms with Crippen molar-refractivity contribution < 1.29 is 9.53 Å². The maximum Gasteiger partial charge on any atom is 0.407 e. The number of alkyl carbamates (subject to hydrolysis) is 1. The summed E-state index contributed by atoms with van der Waals surface area (Å²) in [6.45, 7) is 7.81. The molecule has 1 unspecified atom stereocenters. The molecule has 0 radical (unpaired) electrons. The van der Waals surface area contributed by atoms with Crippen LogP contribution in [0.4, 0.5) is 4.79 Å². The van der Waals surface area contributed by atoms with E-state index in [1.165, 1.54) is 0 Å². The summed E-state index contributed by atoms with van der Waals surface area (Å²) in [5, 5.41) is 2.68. The van der Waals surface area contributed by atoms with Crippen LogP contribution in [0.5, 0.6) is 0 Å². The smallest absolute Gasteiger partial charge is 0.407 e. The van der Waals surface area contributed by atoms with Gasteiger partial charge in [0.25, 0.3) is 0 Å². The highest BCUT2D eigenvalue weighted by molar-refractivity contribution is 9.10. The molecule has 0 aliphatic rings. The molecule has 0 heterocycles. The van der Waals surface area contributed by atoms with E-state index in [-0.39, 0.29) is 6.04 Å². The Morgan fingerprint density at radius 1 is 1.47 bits per heavy atom. The second kappa shape index (κ2) is 6.39. The number of hydrogen-bond acceptors (Lipinski definition) is 3. The van der Waals surface area contributed by atoms with Crippen molar-refractivity contribution in [3.63, 3.8) is 0 Å². The normalized spacial score (nSPS) is 12.9. The van der Waals surface area contributed by atoms with Crippen molar-refractivity contribution >= 4 is 22.0 Å². The average molecular weight is 329 g/mol. The Balaban J connectivity index is 2.59. The number of hydrogen-bond donors (Lipinski definition) is 2. The highest BCUT2D eigenvalue weighted by Crippen LogP contribution is 2.23. The second-order valence-corrected chi connectivity index (χ2v) is 6.30. The first-order valence-electron chi connectivity index (χ1n) is 6.18. The van der Waals surface area contributed by atoms with Gasteiger partial charge in [0, 0.05) is 17.1 Å². The maximum atomic E-state index is 11.5. The van der Waals surface area contributed by atoms with Crippen LogP contribution in [0.3, 0.4) is 0 Å². The average Bonchev–Trinajstić information content (AvgIpc) is 2.27. The molecule has 0 spiro atoms. The van der Waals surface area contributed by atoms with E-state index in [0.29, 0.717) is 6.54 Å². The van der Waals surface area contributed by atoms with Gasteiger partial charge in [-0.05, 0) is 44.9 Å². The largest absolute Gasteiger partial charge is 0.444 e. The molecule has 0 bridgehead atoms. The van der Waals surface area contributed by atoms with Gasteiger partial charge in [0.05, 0.1) is 0 Å². The van der Waals surface area contributed by atoms with E-state index in [1.807, 2.05) is 45.9 Å². The van der Waals surface area contributed by atoms with Gasteiger partial charge in [0.1, 0.15) is 5.60 Å². The van der Waals surface area contributed by atoms with E-state index in [4.69, 9.17) is 10.5 Å². The molecule has 0 saturated carbocycles. The lowest BCUT2D eigenvalue weighted by Gasteiger charge is -2.21. The van der Waals surface area contributed by atoms with E-state index < -0.39 is 11.7 Å². The van der Waals surface area contributed by atoms with Crippen molar-refractivity contribution in [2.24, 2.45) is 5.73 Å². The Kier molecular flexibility index (Phi) is 5.38. The number of nitrogens with one attached hydrogen (secondary N) is 1. The summed E-state index contributed by atoms with van der Waals surface area (Å²) in [6, 6.07) is 5.60. The van der Waals surface area contributed by atoms with Gasteiger partial charge in [-0.15, -0.1) is 0 Å². The monoisotopic (exact) mass is 328 g/mol. The van der Waals surface area contributed by atoms with E-state index in [9.17, 15) is 4.79 Å². The summed E-state index contributed by atoms with van der Waals surface area (Å²) < 4.78 is 6.17. The van der Waals surface area contributed by atoms with E-state index in [1.54, 1.807) is 0 Å².